The van der Waals surface area contributed by atoms with Crippen molar-refractivity contribution in [1.29, 1.82) is 0 Å². The molecule has 1 amide bonds. The molecule has 1 fully saturated rings. The quantitative estimate of drug-likeness (QED) is 0.796. The molecule has 0 spiro atoms. The van der Waals surface area contributed by atoms with Crippen molar-refractivity contribution in [3.8, 4) is 0 Å². The van der Waals surface area contributed by atoms with Gasteiger partial charge in [0, 0.05) is 31.0 Å². The number of amides is 1. The highest BCUT2D eigenvalue weighted by molar-refractivity contribution is 5.95. The van der Waals surface area contributed by atoms with Gasteiger partial charge in [0.05, 0.1) is 5.56 Å². The van der Waals surface area contributed by atoms with Gasteiger partial charge in [-0.3, -0.25) is 9.78 Å². The summed E-state index contributed by atoms with van der Waals surface area (Å²) in [5.74, 6) is 0.0629. The average molecular weight is 233 g/mol. The van der Waals surface area contributed by atoms with E-state index in [0.29, 0.717) is 12.1 Å². The molecule has 0 saturated carbocycles. The molecule has 2 rings (SSSR count). The number of carbonyl (C=O) groups is 1. The van der Waals surface area contributed by atoms with Crippen LogP contribution in [0.5, 0.6) is 0 Å². The predicted octanol–water partition coefficient (Wildman–Crippen LogP) is 1.34. The number of hydrogen-bond acceptors (Lipinski definition) is 3. The maximum Gasteiger partial charge on any atom is 0.255 e. The van der Waals surface area contributed by atoms with Crippen LogP contribution < -0.4 is 5.73 Å². The molecule has 92 valence electrons. The number of rotatable bonds is 1. The van der Waals surface area contributed by atoms with Crippen LogP contribution in [0, 0.1) is 6.92 Å². The van der Waals surface area contributed by atoms with Crippen molar-refractivity contribution >= 4 is 5.91 Å². The van der Waals surface area contributed by atoms with E-state index in [0.717, 1.165) is 31.5 Å². The molecule has 1 aliphatic rings. The summed E-state index contributed by atoms with van der Waals surface area (Å²) in [7, 11) is 0. The van der Waals surface area contributed by atoms with Gasteiger partial charge in [-0.25, -0.2) is 0 Å². The van der Waals surface area contributed by atoms with Crippen molar-refractivity contribution in [2.24, 2.45) is 5.73 Å². The topological polar surface area (TPSA) is 59.2 Å². The van der Waals surface area contributed by atoms with E-state index in [1.807, 2.05) is 17.9 Å². The lowest BCUT2D eigenvalue weighted by atomic mass is 10.1. The maximum absolute atomic E-state index is 12.3. The van der Waals surface area contributed by atoms with E-state index in [9.17, 15) is 4.79 Å². The van der Waals surface area contributed by atoms with E-state index < -0.39 is 0 Å². The highest BCUT2D eigenvalue weighted by Gasteiger charge is 2.22. The maximum atomic E-state index is 12.3. The largest absolute Gasteiger partial charge is 0.337 e. The van der Waals surface area contributed by atoms with Crippen LogP contribution in [0.15, 0.2) is 18.3 Å². The van der Waals surface area contributed by atoms with Gasteiger partial charge in [0.1, 0.15) is 0 Å². The second kappa shape index (κ2) is 5.27. The zero-order valence-electron chi connectivity index (χ0n) is 10.2. The van der Waals surface area contributed by atoms with E-state index in [4.69, 9.17) is 5.73 Å². The second-order valence-corrected chi connectivity index (χ2v) is 4.64. The zero-order chi connectivity index (χ0) is 12.3. The Morgan fingerprint density at radius 1 is 1.53 bits per heavy atom. The summed E-state index contributed by atoms with van der Waals surface area (Å²) in [5.41, 5.74) is 7.45. The van der Waals surface area contributed by atoms with Gasteiger partial charge in [0.15, 0.2) is 0 Å². The fourth-order valence-corrected chi connectivity index (χ4v) is 2.24. The third-order valence-corrected chi connectivity index (χ3v) is 3.23. The van der Waals surface area contributed by atoms with Gasteiger partial charge in [-0.2, -0.15) is 0 Å². The number of aryl methyl sites for hydroxylation is 1. The Labute approximate surface area is 102 Å². The van der Waals surface area contributed by atoms with Crippen LogP contribution >= 0.6 is 0 Å². The first-order valence-electron chi connectivity index (χ1n) is 6.15. The van der Waals surface area contributed by atoms with Crippen molar-refractivity contribution in [2.45, 2.75) is 32.2 Å². The SMILES string of the molecule is Cc1ncccc1C(=O)N1CCCCC(N)C1. The molecule has 0 aromatic carbocycles. The molecule has 1 atom stereocenters. The van der Waals surface area contributed by atoms with Crippen LogP contribution in [-0.4, -0.2) is 34.9 Å². The Morgan fingerprint density at radius 3 is 3.12 bits per heavy atom. The highest BCUT2D eigenvalue weighted by atomic mass is 16.2. The van der Waals surface area contributed by atoms with Crippen LogP contribution in [0.1, 0.15) is 35.3 Å². The van der Waals surface area contributed by atoms with Gasteiger partial charge in [-0.05, 0) is 31.9 Å². The predicted molar refractivity (Wildman–Crippen MR) is 66.7 cm³/mol. The number of likely N-dealkylation sites (tertiary alicyclic amines) is 1. The first-order chi connectivity index (χ1) is 8.18. The summed E-state index contributed by atoms with van der Waals surface area (Å²) in [6, 6.07) is 3.75. The van der Waals surface area contributed by atoms with Gasteiger partial charge in [0.25, 0.3) is 5.91 Å². The molecule has 0 radical (unpaired) electrons. The van der Waals surface area contributed by atoms with E-state index >= 15 is 0 Å². The third kappa shape index (κ3) is 2.82. The minimum absolute atomic E-state index is 0.0629. The summed E-state index contributed by atoms with van der Waals surface area (Å²) in [4.78, 5) is 18.4. The van der Waals surface area contributed by atoms with Crippen molar-refractivity contribution in [3.05, 3.63) is 29.6 Å². The summed E-state index contributed by atoms with van der Waals surface area (Å²) < 4.78 is 0. The number of carbonyl (C=O) groups excluding carboxylic acids is 1. The molecule has 17 heavy (non-hydrogen) atoms. The van der Waals surface area contributed by atoms with Gasteiger partial charge < -0.3 is 10.6 Å². The number of aromatic nitrogens is 1. The van der Waals surface area contributed by atoms with Gasteiger partial charge in [-0.15, -0.1) is 0 Å². The average Bonchev–Trinajstić information content (AvgIpc) is 2.54. The Morgan fingerprint density at radius 2 is 2.35 bits per heavy atom. The van der Waals surface area contributed by atoms with Crippen molar-refractivity contribution in [1.82, 2.24) is 9.88 Å². The van der Waals surface area contributed by atoms with Crippen LogP contribution in [0.4, 0.5) is 0 Å². The van der Waals surface area contributed by atoms with E-state index in [1.165, 1.54) is 0 Å². The lowest BCUT2D eigenvalue weighted by molar-refractivity contribution is 0.0754. The minimum Gasteiger partial charge on any atom is -0.337 e. The standard InChI is InChI=1S/C13H19N3O/c1-10-12(6-4-7-15-10)13(17)16-8-3-2-5-11(14)9-16/h4,6-7,11H,2-3,5,8-9,14H2,1H3. The number of nitrogens with zero attached hydrogens (tertiary/aromatic N) is 2. The Bertz CT molecular complexity index is 405. The Kier molecular flexibility index (Phi) is 3.74. The van der Waals surface area contributed by atoms with Gasteiger partial charge in [-0.1, -0.05) is 6.42 Å². The van der Waals surface area contributed by atoms with Crippen LogP contribution in [0.3, 0.4) is 0 Å². The molecule has 2 heterocycles. The van der Waals surface area contributed by atoms with E-state index in [1.54, 1.807) is 12.3 Å². The Hall–Kier alpha value is -1.42. The smallest absolute Gasteiger partial charge is 0.255 e. The van der Waals surface area contributed by atoms with Crippen molar-refractivity contribution in [3.63, 3.8) is 0 Å². The first-order valence-corrected chi connectivity index (χ1v) is 6.15. The molecule has 1 saturated heterocycles. The fraction of sp³-hybridized carbons (Fsp3) is 0.538. The molecule has 1 aliphatic heterocycles. The fourth-order valence-electron chi connectivity index (χ4n) is 2.24. The molecule has 4 heteroatoms. The second-order valence-electron chi connectivity index (χ2n) is 4.64. The summed E-state index contributed by atoms with van der Waals surface area (Å²) in [5, 5.41) is 0. The highest BCUT2D eigenvalue weighted by Crippen LogP contribution is 2.14. The summed E-state index contributed by atoms with van der Waals surface area (Å²) in [6.07, 6.45) is 4.87. The lowest BCUT2D eigenvalue weighted by Gasteiger charge is -2.23. The molecular formula is C13H19N3O. The van der Waals surface area contributed by atoms with E-state index in [-0.39, 0.29) is 11.9 Å². The number of nitrogens with two attached hydrogens (primary N) is 1. The molecule has 0 aliphatic carbocycles. The van der Waals surface area contributed by atoms with Crippen LogP contribution in [-0.2, 0) is 0 Å². The minimum atomic E-state index is 0.0629. The molecule has 0 bridgehead atoms. The van der Waals surface area contributed by atoms with Crippen molar-refractivity contribution in [2.75, 3.05) is 13.1 Å². The van der Waals surface area contributed by atoms with Crippen LogP contribution in [0.2, 0.25) is 0 Å². The molecule has 1 aromatic rings. The molecule has 4 nitrogen and oxygen atoms in total. The number of hydrogen-bond donors (Lipinski definition) is 1. The normalized spacial score (nSPS) is 21.1. The molecule has 1 unspecified atom stereocenters. The van der Waals surface area contributed by atoms with Gasteiger partial charge in [0.2, 0.25) is 0 Å². The lowest BCUT2D eigenvalue weighted by Crippen LogP contribution is -2.40. The molecular weight excluding hydrogens is 214 g/mol. The van der Waals surface area contributed by atoms with E-state index in [2.05, 4.69) is 4.98 Å². The Balaban J connectivity index is 2.16. The van der Waals surface area contributed by atoms with Crippen molar-refractivity contribution < 1.29 is 4.79 Å². The molecule has 2 N–H and O–H groups in total. The monoisotopic (exact) mass is 233 g/mol. The summed E-state index contributed by atoms with van der Waals surface area (Å²) in [6.45, 7) is 3.33. The number of pyridine rings is 1. The van der Waals surface area contributed by atoms with Crippen LogP contribution in [0.25, 0.3) is 0 Å². The summed E-state index contributed by atoms with van der Waals surface area (Å²) >= 11 is 0. The van der Waals surface area contributed by atoms with Gasteiger partial charge >= 0.3 is 0 Å². The molecule has 1 aromatic heterocycles. The zero-order valence-corrected chi connectivity index (χ0v) is 10.2. The first kappa shape index (κ1) is 12.0. The third-order valence-electron chi connectivity index (χ3n) is 3.23.